The molecule has 1 aromatic rings. The number of likely N-dealkylation sites (N-methyl/N-ethyl adjacent to an activating group) is 1. The van der Waals surface area contributed by atoms with E-state index in [1.807, 2.05) is 13.8 Å². The lowest BCUT2D eigenvalue weighted by molar-refractivity contribution is -0.137. The van der Waals surface area contributed by atoms with Gasteiger partial charge in [-0.05, 0) is 20.3 Å². The van der Waals surface area contributed by atoms with Gasteiger partial charge < -0.3 is 26.2 Å². The van der Waals surface area contributed by atoms with Gasteiger partial charge in [0, 0.05) is 32.0 Å². The third-order valence-electron chi connectivity index (χ3n) is 4.15. The highest BCUT2D eigenvalue weighted by Crippen LogP contribution is 2.22. The van der Waals surface area contributed by atoms with Gasteiger partial charge in [-0.2, -0.15) is 0 Å². The lowest BCUT2D eigenvalue weighted by Crippen LogP contribution is -2.48. The first-order valence-corrected chi connectivity index (χ1v) is 8.86. The fraction of sp³-hybridized carbons (Fsp3) is 0.529. The van der Waals surface area contributed by atoms with E-state index in [-0.39, 0.29) is 37.3 Å². The summed E-state index contributed by atoms with van der Waals surface area (Å²) < 4.78 is 0. The van der Waals surface area contributed by atoms with E-state index in [0.29, 0.717) is 0 Å². The van der Waals surface area contributed by atoms with Gasteiger partial charge in [-0.1, -0.05) is 0 Å². The third kappa shape index (κ3) is 5.38. The molecule has 4 N–H and O–H groups in total. The SMILES string of the molecule is CC(C)NC(=O)NC1CC(C(=O)N(C)CC(N)=O)N(C(=O)c2cnccn2)C1. The van der Waals surface area contributed by atoms with Crippen LogP contribution < -0.4 is 16.4 Å². The number of nitrogens with two attached hydrogens (primary N) is 1. The number of urea groups is 1. The van der Waals surface area contributed by atoms with Gasteiger partial charge in [0.05, 0.1) is 18.8 Å². The second kappa shape index (κ2) is 9.11. The largest absolute Gasteiger partial charge is 0.368 e. The van der Waals surface area contributed by atoms with Gasteiger partial charge >= 0.3 is 6.03 Å². The monoisotopic (exact) mass is 391 g/mol. The maximum absolute atomic E-state index is 12.8. The number of hydrogen-bond donors (Lipinski definition) is 3. The van der Waals surface area contributed by atoms with E-state index in [9.17, 15) is 19.2 Å². The van der Waals surface area contributed by atoms with Crippen LogP contribution in [0.4, 0.5) is 4.79 Å². The summed E-state index contributed by atoms with van der Waals surface area (Å²) in [5.41, 5.74) is 5.25. The molecule has 152 valence electrons. The van der Waals surface area contributed by atoms with E-state index in [2.05, 4.69) is 20.6 Å². The summed E-state index contributed by atoms with van der Waals surface area (Å²) in [6, 6.07) is -1.73. The highest BCUT2D eigenvalue weighted by molar-refractivity contribution is 5.97. The molecule has 1 fully saturated rings. The van der Waals surface area contributed by atoms with Gasteiger partial charge in [0.1, 0.15) is 11.7 Å². The fourth-order valence-corrected chi connectivity index (χ4v) is 3.01. The normalized spacial score (nSPS) is 18.6. The Balaban J connectivity index is 2.19. The molecule has 11 nitrogen and oxygen atoms in total. The molecule has 0 aromatic carbocycles. The van der Waals surface area contributed by atoms with Crippen LogP contribution in [0.15, 0.2) is 18.6 Å². The number of nitrogens with one attached hydrogen (secondary N) is 2. The summed E-state index contributed by atoms with van der Waals surface area (Å²) in [7, 11) is 1.43. The summed E-state index contributed by atoms with van der Waals surface area (Å²) in [5, 5.41) is 5.47. The lowest BCUT2D eigenvalue weighted by Gasteiger charge is -2.26. The molecular formula is C17H25N7O4. The van der Waals surface area contributed by atoms with Crippen LogP contribution in [-0.2, 0) is 9.59 Å². The Bertz CT molecular complexity index is 740. The number of carbonyl (C=O) groups excluding carboxylic acids is 4. The molecule has 2 heterocycles. The molecule has 2 rings (SSSR count). The molecule has 0 aliphatic carbocycles. The van der Waals surface area contributed by atoms with Crippen molar-refractivity contribution >= 4 is 23.8 Å². The molecule has 0 spiro atoms. The summed E-state index contributed by atoms with van der Waals surface area (Å²) in [4.78, 5) is 59.2. The molecule has 11 heteroatoms. The highest BCUT2D eigenvalue weighted by atomic mass is 16.2. The molecule has 1 aliphatic rings. The summed E-state index contributed by atoms with van der Waals surface area (Å²) >= 11 is 0. The first-order chi connectivity index (χ1) is 13.2. The topological polar surface area (TPSA) is 151 Å². The number of hydrogen-bond acceptors (Lipinski definition) is 6. The van der Waals surface area contributed by atoms with Crippen LogP contribution in [0.3, 0.4) is 0 Å². The Labute approximate surface area is 162 Å². The van der Waals surface area contributed by atoms with Crippen molar-refractivity contribution in [1.82, 2.24) is 30.4 Å². The van der Waals surface area contributed by atoms with Crippen LogP contribution >= 0.6 is 0 Å². The van der Waals surface area contributed by atoms with Gasteiger partial charge in [-0.15, -0.1) is 0 Å². The first kappa shape index (κ1) is 21.1. The predicted molar refractivity (Wildman–Crippen MR) is 98.9 cm³/mol. The van der Waals surface area contributed by atoms with Gasteiger partial charge in [0.15, 0.2) is 0 Å². The van der Waals surface area contributed by atoms with Crippen LogP contribution in [-0.4, -0.2) is 81.8 Å². The summed E-state index contributed by atoms with van der Waals surface area (Å²) in [5.74, 6) is -1.58. The number of nitrogens with zero attached hydrogens (tertiary/aromatic N) is 4. The standard InChI is InChI=1S/C17H25N7O4/c1-10(2)21-17(28)22-11-6-13(16(27)23(3)9-14(18)25)24(8-11)15(26)12-7-19-4-5-20-12/h4-5,7,10-11,13H,6,8-9H2,1-3H3,(H2,18,25)(H2,21,22,28). The number of rotatable bonds is 6. The van der Waals surface area contributed by atoms with E-state index in [1.54, 1.807) is 0 Å². The Morgan fingerprint density at radius 1 is 1.32 bits per heavy atom. The minimum Gasteiger partial charge on any atom is -0.368 e. The molecule has 0 bridgehead atoms. The van der Waals surface area contributed by atoms with Crippen molar-refractivity contribution in [1.29, 1.82) is 0 Å². The average molecular weight is 391 g/mol. The molecular weight excluding hydrogens is 366 g/mol. The lowest BCUT2D eigenvalue weighted by atomic mass is 10.1. The van der Waals surface area contributed by atoms with Gasteiger partial charge in [-0.25, -0.2) is 9.78 Å². The van der Waals surface area contributed by atoms with E-state index < -0.39 is 29.8 Å². The first-order valence-electron chi connectivity index (χ1n) is 8.86. The van der Waals surface area contributed by atoms with Crippen molar-refractivity contribution < 1.29 is 19.2 Å². The average Bonchev–Trinajstić information content (AvgIpc) is 3.03. The van der Waals surface area contributed by atoms with E-state index >= 15 is 0 Å². The maximum atomic E-state index is 12.8. The molecule has 28 heavy (non-hydrogen) atoms. The van der Waals surface area contributed by atoms with Gasteiger partial charge in [0.2, 0.25) is 11.8 Å². The van der Waals surface area contributed by atoms with Crippen molar-refractivity contribution in [2.45, 2.75) is 38.4 Å². The minimum absolute atomic E-state index is 0.0575. The second-order valence-corrected chi connectivity index (χ2v) is 6.93. The van der Waals surface area contributed by atoms with E-state index in [0.717, 1.165) is 0 Å². The Morgan fingerprint density at radius 2 is 2.04 bits per heavy atom. The predicted octanol–water partition coefficient (Wildman–Crippen LogP) is -1.29. The zero-order valence-corrected chi connectivity index (χ0v) is 16.1. The molecule has 0 radical (unpaired) electrons. The number of amides is 5. The van der Waals surface area contributed by atoms with Gasteiger partial charge in [0.25, 0.3) is 5.91 Å². The number of primary amides is 1. The Morgan fingerprint density at radius 3 is 2.61 bits per heavy atom. The Hall–Kier alpha value is -3.24. The van der Waals surface area contributed by atoms with Crippen molar-refractivity contribution in [3.05, 3.63) is 24.3 Å². The zero-order valence-electron chi connectivity index (χ0n) is 16.1. The maximum Gasteiger partial charge on any atom is 0.315 e. The van der Waals surface area contributed by atoms with E-state index in [1.165, 1.54) is 35.4 Å². The number of likely N-dealkylation sites (tertiary alicyclic amines) is 1. The van der Waals surface area contributed by atoms with Crippen molar-refractivity contribution in [3.8, 4) is 0 Å². The van der Waals surface area contributed by atoms with Crippen molar-refractivity contribution in [3.63, 3.8) is 0 Å². The van der Waals surface area contributed by atoms with Crippen LogP contribution in [0.25, 0.3) is 0 Å². The quantitative estimate of drug-likeness (QED) is 0.549. The molecule has 1 saturated heterocycles. The molecule has 0 saturated carbocycles. The van der Waals surface area contributed by atoms with E-state index in [4.69, 9.17) is 5.73 Å². The highest BCUT2D eigenvalue weighted by Gasteiger charge is 2.42. The van der Waals surface area contributed by atoms with Crippen LogP contribution in [0, 0.1) is 0 Å². The second-order valence-electron chi connectivity index (χ2n) is 6.93. The third-order valence-corrected chi connectivity index (χ3v) is 4.15. The number of carbonyl (C=O) groups is 4. The molecule has 1 aromatic heterocycles. The smallest absolute Gasteiger partial charge is 0.315 e. The number of aromatic nitrogens is 2. The van der Waals surface area contributed by atoms with Crippen molar-refractivity contribution in [2.75, 3.05) is 20.1 Å². The molecule has 2 unspecified atom stereocenters. The molecule has 5 amide bonds. The van der Waals surface area contributed by atoms with Crippen LogP contribution in [0.5, 0.6) is 0 Å². The van der Waals surface area contributed by atoms with Crippen molar-refractivity contribution in [2.24, 2.45) is 5.73 Å². The fourth-order valence-electron chi connectivity index (χ4n) is 3.01. The Kier molecular flexibility index (Phi) is 6.85. The summed E-state index contributed by atoms with van der Waals surface area (Å²) in [6.45, 7) is 3.50. The van der Waals surface area contributed by atoms with Crippen LogP contribution in [0.1, 0.15) is 30.8 Å². The summed E-state index contributed by atoms with van der Waals surface area (Å²) in [6.07, 6.45) is 4.33. The molecule has 1 aliphatic heterocycles. The zero-order chi connectivity index (χ0) is 20.8. The minimum atomic E-state index is -0.858. The molecule has 2 atom stereocenters. The van der Waals surface area contributed by atoms with Gasteiger partial charge in [-0.3, -0.25) is 19.4 Å². The van der Waals surface area contributed by atoms with Crippen LogP contribution in [0.2, 0.25) is 0 Å².